The van der Waals surface area contributed by atoms with Crippen LogP contribution in [0, 0.1) is 0 Å². The van der Waals surface area contributed by atoms with Gasteiger partial charge in [-0.15, -0.1) is 0 Å². The molecule has 7 nitrogen and oxygen atoms in total. The predicted molar refractivity (Wildman–Crippen MR) is 132 cm³/mol. The molecule has 0 saturated carbocycles. The Morgan fingerprint density at radius 1 is 1.06 bits per heavy atom. The molecular weight excluding hydrogens is 460 g/mol. The average molecular weight is 485 g/mol. The van der Waals surface area contributed by atoms with E-state index in [1.54, 1.807) is 9.58 Å². The molecule has 35 heavy (non-hydrogen) atoms. The molecule has 0 N–H and O–H groups in total. The largest absolute Gasteiger partial charge is 0.854 e. The molecule has 8 heteroatoms. The summed E-state index contributed by atoms with van der Waals surface area (Å²) < 4.78 is 7.57. The summed E-state index contributed by atoms with van der Waals surface area (Å²) in [5.41, 5.74) is 3.55. The van der Waals surface area contributed by atoms with Crippen molar-refractivity contribution in [3.63, 3.8) is 0 Å². The topological polar surface area (TPSA) is 82.3 Å². The number of thioether (sulfide) groups is 1. The van der Waals surface area contributed by atoms with E-state index in [0.29, 0.717) is 34.5 Å². The number of carbonyl (C=O) groups excluding carboxylic acids is 1. The van der Waals surface area contributed by atoms with Crippen LogP contribution in [0.15, 0.2) is 84.0 Å². The molecule has 4 aromatic rings. The number of rotatable bonds is 6. The van der Waals surface area contributed by atoms with Crippen LogP contribution in [-0.2, 0) is 11.4 Å². The molecule has 5 rings (SSSR count). The molecule has 0 saturated heterocycles. The van der Waals surface area contributed by atoms with Crippen LogP contribution in [0.25, 0.3) is 11.3 Å². The van der Waals surface area contributed by atoms with Crippen molar-refractivity contribution in [2.45, 2.75) is 31.8 Å². The molecule has 0 bridgehead atoms. The quantitative estimate of drug-likeness (QED) is 0.303. The Labute approximate surface area is 208 Å². The minimum atomic E-state index is -0.632. The third kappa shape index (κ3) is 4.44. The van der Waals surface area contributed by atoms with E-state index in [-0.39, 0.29) is 11.8 Å². The molecule has 0 fully saturated rings. The summed E-state index contributed by atoms with van der Waals surface area (Å²) in [4.78, 5) is 18.8. The zero-order valence-corrected chi connectivity index (χ0v) is 20.2. The van der Waals surface area contributed by atoms with Gasteiger partial charge in [0.15, 0.2) is 0 Å². The molecule has 0 aliphatic carbocycles. The van der Waals surface area contributed by atoms with Gasteiger partial charge in [-0.3, -0.25) is 4.79 Å². The number of fused-ring (bicyclic) bond motifs is 3. The van der Waals surface area contributed by atoms with Crippen LogP contribution in [0.2, 0.25) is 0 Å². The summed E-state index contributed by atoms with van der Waals surface area (Å²) >= 11 is 1.39. The summed E-state index contributed by atoms with van der Waals surface area (Å²) in [5.74, 6) is 0.923. The van der Waals surface area contributed by atoms with Gasteiger partial charge in [0.25, 0.3) is 17.0 Å². The molecule has 1 aliphatic rings. The van der Waals surface area contributed by atoms with Gasteiger partial charge in [-0.25, -0.2) is 9.88 Å². The fourth-order valence-electron chi connectivity index (χ4n) is 4.24. The molecule has 1 amide bonds. The Kier molecular flexibility index (Phi) is 6.37. The normalized spacial score (nSPS) is 14.2. The van der Waals surface area contributed by atoms with Crippen molar-refractivity contribution in [1.29, 1.82) is 0 Å². The summed E-state index contributed by atoms with van der Waals surface area (Å²) in [6, 6.07) is 24.9. The lowest BCUT2D eigenvalue weighted by Gasteiger charge is -2.32. The van der Waals surface area contributed by atoms with Crippen LogP contribution in [0.5, 0.6) is 11.6 Å². The number of amides is 1. The highest BCUT2D eigenvalue weighted by Crippen LogP contribution is 2.41. The fraction of sp³-hybridized carbons (Fsp3) is 0.185. The first-order valence-electron chi connectivity index (χ1n) is 11.4. The summed E-state index contributed by atoms with van der Waals surface area (Å²) in [5, 5.41) is 18.2. The minimum absolute atomic E-state index is 0.152. The number of aromatic nitrogens is 3. The Bertz CT molecular complexity index is 1360. The maximum atomic E-state index is 13.1. The second-order valence-electron chi connectivity index (χ2n) is 8.05. The first kappa shape index (κ1) is 22.9. The lowest BCUT2D eigenvalue weighted by molar-refractivity contribution is -0.764. The maximum Gasteiger partial charge on any atom is 0.293 e. The summed E-state index contributed by atoms with van der Waals surface area (Å²) in [7, 11) is 0. The minimum Gasteiger partial charge on any atom is -0.854 e. The second kappa shape index (κ2) is 9.76. The Morgan fingerprint density at radius 2 is 1.77 bits per heavy atom. The first-order chi connectivity index (χ1) is 17.1. The van der Waals surface area contributed by atoms with Gasteiger partial charge in [-0.1, -0.05) is 65.8 Å². The molecule has 0 radical (unpaired) electrons. The van der Waals surface area contributed by atoms with Gasteiger partial charge in [-0.2, -0.15) is 0 Å². The number of anilines is 1. The van der Waals surface area contributed by atoms with Gasteiger partial charge in [0.2, 0.25) is 5.91 Å². The van der Waals surface area contributed by atoms with E-state index in [2.05, 4.69) is 4.98 Å². The van der Waals surface area contributed by atoms with Crippen molar-refractivity contribution in [3.8, 4) is 22.9 Å². The molecule has 1 aliphatic heterocycles. The third-order valence-electron chi connectivity index (χ3n) is 5.76. The highest BCUT2D eigenvalue weighted by Gasteiger charge is 2.43. The number of carbonyl (C=O) groups is 1. The second-order valence-corrected chi connectivity index (χ2v) is 9.28. The van der Waals surface area contributed by atoms with Crippen LogP contribution >= 0.6 is 11.8 Å². The predicted octanol–water partition coefficient (Wildman–Crippen LogP) is 4.11. The zero-order valence-electron chi connectivity index (χ0n) is 19.4. The van der Waals surface area contributed by atoms with E-state index in [4.69, 9.17) is 9.84 Å². The molecule has 1 unspecified atom stereocenters. The average Bonchev–Trinajstić information content (AvgIpc) is 2.87. The van der Waals surface area contributed by atoms with Crippen molar-refractivity contribution in [3.05, 3.63) is 90.0 Å². The monoisotopic (exact) mass is 484 g/mol. The molecule has 2 heterocycles. The fourth-order valence-corrected chi connectivity index (χ4v) is 4.79. The highest BCUT2D eigenvalue weighted by atomic mass is 32.2. The lowest BCUT2D eigenvalue weighted by Crippen LogP contribution is -2.58. The van der Waals surface area contributed by atoms with E-state index >= 15 is 0 Å². The number of nitrogens with zero attached hydrogens (tertiary/aromatic N) is 4. The van der Waals surface area contributed by atoms with E-state index < -0.39 is 6.17 Å². The number of hydrogen-bond acceptors (Lipinski definition) is 6. The highest BCUT2D eigenvalue weighted by molar-refractivity contribution is 7.99. The molecular formula is C27H24N4O3S. The molecule has 0 spiro atoms. The van der Waals surface area contributed by atoms with Gasteiger partial charge < -0.3 is 9.84 Å². The van der Waals surface area contributed by atoms with Gasteiger partial charge in [-0.05, 0) is 47.7 Å². The number of benzene rings is 3. The van der Waals surface area contributed by atoms with Crippen LogP contribution in [0.4, 0.5) is 5.69 Å². The van der Waals surface area contributed by atoms with Crippen molar-refractivity contribution in [2.75, 3.05) is 10.7 Å². The van der Waals surface area contributed by atoms with Crippen LogP contribution in [-0.4, -0.2) is 21.7 Å². The maximum absolute atomic E-state index is 13.1. The number of ether oxygens (including phenoxy) is 1. The van der Waals surface area contributed by atoms with Gasteiger partial charge in [0, 0.05) is 17.6 Å². The van der Waals surface area contributed by atoms with Crippen molar-refractivity contribution in [2.24, 2.45) is 0 Å². The number of hydrogen-bond donors (Lipinski definition) is 0. The molecule has 3 aromatic carbocycles. The standard InChI is InChI=1S/C27H24N4O3S/c1-3-35-27-28-25(33)24-22-11-7-8-12-23(22)30(18(2)32)26(31(24)29-27)20-13-15-21(16-14-20)34-17-19-9-5-4-6-10-19/h4-16,26H,3,17H2,1-2H3. The van der Waals surface area contributed by atoms with E-state index in [9.17, 15) is 9.90 Å². The van der Waals surface area contributed by atoms with Crippen molar-refractivity contribution in [1.82, 2.24) is 10.1 Å². The van der Waals surface area contributed by atoms with Crippen LogP contribution in [0.1, 0.15) is 31.1 Å². The van der Waals surface area contributed by atoms with E-state index in [1.165, 1.54) is 18.7 Å². The van der Waals surface area contributed by atoms with Crippen molar-refractivity contribution >= 4 is 23.4 Å². The molecule has 176 valence electrons. The lowest BCUT2D eigenvalue weighted by atomic mass is 10.0. The smallest absolute Gasteiger partial charge is 0.293 e. The summed E-state index contributed by atoms with van der Waals surface area (Å²) in [6.45, 7) is 3.96. The SMILES string of the molecule is CCSc1nc([O-])c2[n+](n1)C(c1ccc(OCc3ccccc3)cc1)N(C(C)=O)c1ccccc1-2. The Hall–Kier alpha value is -3.91. The van der Waals surface area contributed by atoms with Gasteiger partial charge >= 0.3 is 0 Å². The Morgan fingerprint density at radius 3 is 2.49 bits per heavy atom. The van der Waals surface area contributed by atoms with Gasteiger partial charge in [0.05, 0.1) is 17.1 Å². The number of para-hydroxylation sites is 1. The van der Waals surface area contributed by atoms with Crippen molar-refractivity contribution < 1.29 is 19.3 Å². The van der Waals surface area contributed by atoms with E-state index in [1.807, 2.05) is 85.8 Å². The van der Waals surface area contributed by atoms with E-state index in [0.717, 1.165) is 16.9 Å². The first-order valence-corrected chi connectivity index (χ1v) is 12.3. The van der Waals surface area contributed by atoms with Gasteiger partial charge in [0.1, 0.15) is 12.4 Å². The van der Waals surface area contributed by atoms with Crippen LogP contribution in [0.3, 0.4) is 0 Å². The molecule has 1 aromatic heterocycles. The summed E-state index contributed by atoms with van der Waals surface area (Å²) in [6.07, 6.45) is -0.632. The molecule has 1 atom stereocenters. The third-order valence-corrected chi connectivity index (χ3v) is 6.48. The van der Waals surface area contributed by atoms with Crippen LogP contribution < -0.4 is 19.4 Å². The zero-order chi connectivity index (χ0) is 24.4. The Balaban J connectivity index is 1.57.